The van der Waals surface area contributed by atoms with Gasteiger partial charge in [-0.2, -0.15) is 4.98 Å². The maximum Gasteiger partial charge on any atom is 0.350 e. The number of piperidine rings is 2. The predicted octanol–water partition coefficient (Wildman–Crippen LogP) is 2.66. The van der Waals surface area contributed by atoms with E-state index in [0.717, 1.165) is 30.7 Å². The topological polar surface area (TPSA) is 106 Å². The summed E-state index contributed by atoms with van der Waals surface area (Å²) in [6.45, 7) is 4.77. The molecule has 4 atom stereocenters. The Kier molecular flexibility index (Phi) is 5.02. The Balaban J connectivity index is 1.39. The number of aromatic nitrogens is 5. The average Bonchev–Trinajstić information content (AvgIpc) is 3.23. The molecule has 1 N–H and O–H groups in total. The van der Waals surface area contributed by atoms with Crippen molar-refractivity contribution in [3.8, 4) is 32.9 Å². The van der Waals surface area contributed by atoms with Gasteiger partial charge in [0, 0.05) is 24.6 Å². The molecule has 6 rings (SSSR count). The second-order valence-corrected chi connectivity index (χ2v) is 10.4. The maximum absolute atomic E-state index is 15.5. The summed E-state index contributed by atoms with van der Waals surface area (Å²) < 4.78 is 22.8. The molecule has 1 aliphatic carbocycles. The van der Waals surface area contributed by atoms with Gasteiger partial charge in [-0.3, -0.25) is 9.47 Å². The molecule has 1 saturated carbocycles. The number of phenols is 1. The van der Waals surface area contributed by atoms with Crippen molar-refractivity contribution in [2.75, 3.05) is 13.6 Å². The molecule has 2 bridgehead atoms. The van der Waals surface area contributed by atoms with Crippen molar-refractivity contribution >= 4 is 11.3 Å². The number of alkyl halides is 1. The molecular formula is C22H25FN6O3S. The largest absolute Gasteiger partial charge is 0.507 e. The van der Waals surface area contributed by atoms with Crippen LogP contribution in [0.3, 0.4) is 0 Å². The zero-order valence-corrected chi connectivity index (χ0v) is 19.6. The number of phenolic OH excluding ortho intramolecular Hbond substituents is 1. The third-order valence-electron chi connectivity index (χ3n) is 7.20. The first-order valence-electron chi connectivity index (χ1n) is 10.7. The Labute approximate surface area is 193 Å². The van der Waals surface area contributed by atoms with Crippen LogP contribution >= 0.6 is 11.3 Å². The molecule has 1 aromatic carbocycles. The minimum Gasteiger partial charge on any atom is -0.507 e. The van der Waals surface area contributed by atoms with Gasteiger partial charge in [0.1, 0.15) is 18.2 Å². The van der Waals surface area contributed by atoms with Crippen molar-refractivity contribution in [3.63, 3.8) is 0 Å². The lowest BCUT2D eigenvalue weighted by molar-refractivity contribution is -0.176. The van der Waals surface area contributed by atoms with Crippen LogP contribution < -0.4 is 10.4 Å². The number of benzene rings is 1. The quantitative estimate of drug-likeness (QED) is 0.618. The fraction of sp³-hybridized carbons (Fsp3) is 0.500. The van der Waals surface area contributed by atoms with Gasteiger partial charge >= 0.3 is 5.69 Å². The normalized spacial score (nSPS) is 29.4. The van der Waals surface area contributed by atoms with Crippen molar-refractivity contribution < 1.29 is 14.2 Å². The molecule has 3 aromatic rings. The van der Waals surface area contributed by atoms with Gasteiger partial charge in [0.25, 0.3) is 5.19 Å². The molecule has 11 heteroatoms. The lowest BCUT2D eigenvalue weighted by atomic mass is 9.60. The molecule has 3 aliphatic rings. The molecule has 2 aliphatic heterocycles. The van der Waals surface area contributed by atoms with Gasteiger partial charge in [0.05, 0.1) is 11.1 Å². The van der Waals surface area contributed by atoms with Crippen molar-refractivity contribution in [3.05, 3.63) is 35.0 Å². The lowest BCUT2D eigenvalue weighted by Crippen LogP contribution is -2.72. The van der Waals surface area contributed by atoms with E-state index in [0.29, 0.717) is 16.1 Å². The van der Waals surface area contributed by atoms with Crippen LogP contribution in [0.25, 0.3) is 22.0 Å². The number of halogens is 1. The summed E-state index contributed by atoms with van der Waals surface area (Å²) in [7, 11) is 3.53. The van der Waals surface area contributed by atoms with E-state index in [1.54, 1.807) is 19.2 Å². The molecular weight excluding hydrogens is 447 g/mol. The molecule has 3 fully saturated rings. The van der Waals surface area contributed by atoms with Gasteiger partial charge in [-0.1, -0.05) is 29.4 Å². The summed E-state index contributed by atoms with van der Waals surface area (Å²) >= 11 is 1.16. The molecule has 3 unspecified atom stereocenters. The number of aryl methyl sites for hydroxylation is 1. The van der Waals surface area contributed by atoms with Gasteiger partial charge in [-0.05, 0) is 38.9 Å². The van der Waals surface area contributed by atoms with E-state index in [1.807, 2.05) is 14.0 Å². The lowest BCUT2D eigenvalue weighted by Gasteiger charge is -2.60. The first-order chi connectivity index (χ1) is 15.6. The summed E-state index contributed by atoms with van der Waals surface area (Å²) in [6, 6.07) is 4.83. The molecule has 4 heterocycles. The highest BCUT2D eigenvalue weighted by Crippen LogP contribution is 2.52. The molecule has 9 nitrogen and oxygen atoms in total. The number of aromatic hydroxyl groups is 1. The molecule has 0 radical (unpaired) electrons. The van der Waals surface area contributed by atoms with E-state index >= 15 is 4.39 Å². The van der Waals surface area contributed by atoms with Gasteiger partial charge in [0.15, 0.2) is 17.0 Å². The summed E-state index contributed by atoms with van der Waals surface area (Å²) in [5.41, 5.74) is -0.349. The Morgan fingerprint density at radius 3 is 2.73 bits per heavy atom. The molecule has 33 heavy (non-hydrogen) atoms. The van der Waals surface area contributed by atoms with Gasteiger partial charge < -0.3 is 9.84 Å². The van der Waals surface area contributed by atoms with E-state index in [1.165, 1.54) is 17.0 Å². The summed E-state index contributed by atoms with van der Waals surface area (Å²) in [4.78, 5) is 21.9. The van der Waals surface area contributed by atoms with Crippen molar-refractivity contribution in [1.29, 1.82) is 0 Å². The van der Waals surface area contributed by atoms with Crippen LogP contribution in [0.1, 0.15) is 26.7 Å². The number of hydrogen-bond donors (Lipinski definition) is 1. The number of hydrogen-bond acceptors (Lipinski definition) is 9. The minimum atomic E-state index is -1.14. The van der Waals surface area contributed by atoms with Crippen LogP contribution in [-0.4, -0.2) is 66.1 Å². The Hall–Kier alpha value is -2.92. The highest BCUT2D eigenvalue weighted by Gasteiger charge is 2.61. The van der Waals surface area contributed by atoms with Crippen LogP contribution in [0.5, 0.6) is 10.9 Å². The third-order valence-corrected chi connectivity index (χ3v) is 8.04. The van der Waals surface area contributed by atoms with Gasteiger partial charge in [-0.15, -0.1) is 5.10 Å². The second kappa shape index (κ2) is 7.56. The minimum absolute atomic E-state index is 0.0549. The van der Waals surface area contributed by atoms with E-state index in [9.17, 15) is 9.90 Å². The van der Waals surface area contributed by atoms with E-state index in [2.05, 4.69) is 32.0 Å². The summed E-state index contributed by atoms with van der Waals surface area (Å²) in [5, 5.41) is 19.6. The van der Waals surface area contributed by atoms with E-state index < -0.39 is 23.5 Å². The van der Waals surface area contributed by atoms with Crippen LogP contribution in [0.2, 0.25) is 0 Å². The first kappa shape index (κ1) is 21.9. The average molecular weight is 473 g/mol. The van der Waals surface area contributed by atoms with Gasteiger partial charge in [-0.25, -0.2) is 14.2 Å². The zero-order valence-electron chi connectivity index (χ0n) is 18.8. The Morgan fingerprint density at radius 1 is 1.24 bits per heavy atom. The monoisotopic (exact) mass is 472 g/mol. The fourth-order valence-corrected chi connectivity index (χ4v) is 5.61. The molecule has 0 amide bonds. The first-order valence-corrected chi connectivity index (χ1v) is 11.5. The number of ether oxygens (including phenoxy) is 1. The Morgan fingerprint density at radius 2 is 2.03 bits per heavy atom. The van der Waals surface area contributed by atoms with Gasteiger partial charge in [0.2, 0.25) is 0 Å². The molecule has 0 spiro atoms. The highest BCUT2D eigenvalue weighted by molar-refractivity contribution is 7.16. The van der Waals surface area contributed by atoms with Crippen LogP contribution in [0.4, 0.5) is 4.39 Å². The number of rotatable bonds is 4. The Bertz CT molecular complexity index is 1280. The smallest absolute Gasteiger partial charge is 0.350 e. The maximum atomic E-state index is 15.5. The van der Waals surface area contributed by atoms with Crippen LogP contribution in [0.15, 0.2) is 29.3 Å². The van der Waals surface area contributed by atoms with Crippen molar-refractivity contribution in [2.45, 2.75) is 44.5 Å². The third kappa shape index (κ3) is 3.50. The van der Waals surface area contributed by atoms with E-state index in [4.69, 9.17) is 4.74 Å². The zero-order chi connectivity index (χ0) is 23.5. The second-order valence-electron chi connectivity index (χ2n) is 9.49. The SMILES string of the molecule is CN1CC2(C)CC[C@]1(C)C(F)C2Oc1nnc(-c2ccc(-c3ncn(C)c(=O)n3)cc2O)s1. The predicted molar refractivity (Wildman–Crippen MR) is 121 cm³/mol. The standard InChI is InChI=1S/C22H25FN6O3S/c1-21-7-8-22(2,29(4)10-21)15(23)16(21)32-20-27-26-18(33-20)13-6-5-12(9-14(13)30)17-24-11-28(3)19(31)25-17/h5-6,9,11,15-16,30H,7-8,10H2,1-4H3/t15?,16?,21?,22-/m1/s1. The van der Waals surface area contributed by atoms with E-state index in [-0.39, 0.29) is 22.2 Å². The van der Waals surface area contributed by atoms with Crippen LogP contribution in [0, 0.1) is 5.41 Å². The fourth-order valence-electron chi connectivity index (χ4n) is 4.85. The van der Waals surface area contributed by atoms with Crippen LogP contribution in [-0.2, 0) is 7.05 Å². The molecule has 174 valence electrons. The number of nitrogens with zero attached hydrogens (tertiary/aromatic N) is 6. The number of fused-ring (bicyclic) bond motifs is 3. The molecule has 2 aromatic heterocycles. The summed E-state index contributed by atoms with van der Waals surface area (Å²) in [6.07, 6.45) is 1.30. The highest BCUT2D eigenvalue weighted by atomic mass is 32.1. The molecule has 2 saturated heterocycles. The van der Waals surface area contributed by atoms with Crippen molar-refractivity contribution in [1.82, 2.24) is 29.6 Å². The summed E-state index contributed by atoms with van der Waals surface area (Å²) in [5.74, 6) is 0.162. The van der Waals surface area contributed by atoms with Crippen molar-refractivity contribution in [2.24, 2.45) is 12.5 Å².